The summed E-state index contributed by atoms with van der Waals surface area (Å²) in [5.41, 5.74) is 0.834. The van der Waals surface area contributed by atoms with Crippen molar-refractivity contribution in [2.24, 2.45) is 11.3 Å². The lowest BCUT2D eigenvalue weighted by atomic mass is 9.71. The fourth-order valence-corrected chi connectivity index (χ4v) is 1.81. The summed E-state index contributed by atoms with van der Waals surface area (Å²) in [5.74, 6) is 0.631. The van der Waals surface area contributed by atoms with Gasteiger partial charge in [-0.3, -0.25) is 4.79 Å². The summed E-state index contributed by atoms with van der Waals surface area (Å²) in [6, 6.07) is 0. The van der Waals surface area contributed by atoms with E-state index in [0.717, 1.165) is 19.1 Å². The summed E-state index contributed by atoms with van der Waals surface area (Å²) in [7, 11) is 0. The predicted molar refractivity (Wildman–Crippen MR) is 52.5 cm³/mol. The number of carbonyl (C=O) groups excluding carboxylic acids is 1. The summed E-state index contributed by atoms with van der Waals surface area (Å²) in [4.78, 5) is 11.3. The molecule has 13 heavy (non-hydrogen) atoms. The van der Waals surface area contributed by atoms with E-state index in [1.165, 1.54) is 0 Å². The summed E-state index contributed by atoms with van der Waals surface area (Å²) < 4.78 is 0. The zero-order valence-electron chi connectivity index (χ0n) is 8.63. The Labute approximate surface area is 79.6 Å². The maximum absolute atomic E-state index is 11.3. The van der Waals surface area contributed by atoms with Gasteiger partial charge in [0.25, 0.3) is 0 Å². The molecule has 0 bridgehead atoms. The lowest BCUT2D eigenvalue weighted by Crippen LogP contribution is -2.27. The average molecular weight is 182 g/mol. The fourth-order valence-electron chi connectivity index (χ4n) is 1.81. The lowest BCUT2D eigenvalue weighted by molar-refractivity contribution is -0.117. The summed E-state index contributed by atoms with van der Waals surface area (Å²) in [6.07, 6.45) is 3.27. The highest BCUT2D eigenvalue weighted by atomic mass is 16.2. The Bertz CT molecular complexity index is 233. The van der Waals surface area contributed by atoms with Crippen molar-refractivity contribution in [3.8, 4) is 0 Å². The normalized spacial score (nSPS) is 28.1. The van der Waals surface area contributed by atoms with Gasteiger partial charge in [-0.2, -0.15) is 0 Å². The molecule has 0 saturated heterocycles. The molecule has 0 aromatic heterocycles. The van der Waals surface area contributed by atoms with Crippen molar-refractivity contribution in [2.45, 2.75) is 40.0 Å². The fraction of sp³-hybridized carbons (Fsp3) is 0.727. The minimum Gasteiger partial charge on any atom is -0.515 e. The number of Topliss-reactive ketones (excluding diaryl/α,β-unsaturated/α-hetero) is 1. The molecule has 2 nitrogen and oxygen atoms in total. The van der Waals surface area contributed by atoms with Crippen LogP contribution in [0.5, 0.6) is 0 Å². The van der Waals surface area contributed by atoms with E-state index >= 15 is 0 Å². The first-order valence-electron chi connectivity index (χ1n) is 4.81. The molecule has 1 fully saturated rings. The molecule has 1 N–H and O–H groups in total. The van der Waals surface area contributed by atoms with E-state index in [1.54, 1.807) is 0 Å². The van der Waals surface area contributed by atoms with Gasteiger partial charge in [0.05, 0.1) is 6.26 Å². The van der Waals surface area contributed by atoms with Crippen molar-refractivity contribution in [1.29, 1.82) is 0 Å². The van der Waals surface area contributed by atoms with Gasteiger partial charge in [0, 0.05) is 12.0 Å². The molecule has 0 amide bonds. The molecule has 0 aromatic carbocycles. The second-order valence-electron chi connectivity index (χ2n) is 4.88. The van der Waals surface area contributed by atoms with Crippen molar-refractivity contribution in [3.05, 3.63) is 11.8 Å². The van der Waals surface area contributed by atoms with Crippen LogP contribution in [-0.2, 0) is 4.79 Å². The average Bonchev–Trinajstić information content (AvgIpc) is 2.03. The molecule has 1 aliphatic rings. The molecule has 74 valence electrons. The van der Waals surface area contributed by atoms with Crippen LogP contribution >= 0.6 is 0 Å². The maximum Gasteiger partial charge on any atom is 0.161 e. The van der Waals surface area contributed by atoms with Gasteiger partial charge >= 0.3 is 0 Å². The van der Waals surface area contributed by atoms with Gasteiger partial charge in [-0.25, -0.2) is 0 Å². The largest absolute Gasteiger partial charge is 0.515 e. The molecule has 0 aliphatic heterocycles. The number of aliphatic hydroxyl groups is 1. The molecular weight excluding hydrogens is 164 g/mol. The highest BCUT2D eigenvalue weighted by Crippen LogP contribution is 2.38. The number of hydrogen-bond acceptors (Lipinski definition) is 2. The highest BCUT2D eigenvalue weighted by Gasteiger charge is 2.31. The minimum atomic E-state index is 0.114. The van der Waals surface area contributed by atoms with Crippen LogP contribution < -0.4 is 0 Å². The Hall–Kier alpha value is -0.790. The van der Waals surface area contributed by atoms with Gasteiger partial charge in [-0.05, 0) is 24.2 Å². The maximum atomic E-state index is 11.3. The highest BCUT2D eigenvalue weighted by molar-refractivity contribution is 5.95. The third-order valence-corrected chi connectivity index (χ3v) is 2.92. The van der Waals surface area contributed by atoms with Gasteiger partial charge in [-0.1, -0.05) is 20.8 Å². The summed E-state index contributed by atoms with van der Waals surface area (Å²) in [6.45, 7) is 6.55. The number of allylic oxidation sites excluding steroid dienone is 1. The Balaban J connectivity index is 2.71. The number of hydrogen-bond donors (Lipinski definition) is 1. The lowest BCUT2D eigenvalue weighted by Gasteiger charge is -2.33. The molecule has 1 saturated carbocycles. The smallest absolute Gasteiger partial charge is 0.161 e. The monoisotopic (exact) mass is 182 g/mol. The van der Waals surface area contributed by atoms with Crippen molar-refractivity contribution in [3.63, 3.8) is 0 Å². The number of aliphatic hydroxyl groups excluding tert-OH is 1. The first-order chi connectivity index (χ1) is 5.95. The molecule has 1 rings (SSSR count). The van der Waals surface area contributed by atoms with Crippen LogP contribution in [0.15, 0.2) is 11.8 Å². The number of rotatable bonds is 0. The Morgan fingerprint density at radius 3 is 2.54 bits per heavy atom. The number of carbonyl (C=O) groups is 1. The summed E-state index contributed by atoms with van der Waals surface area (Å²) >= 11 is 0. The van der Waals surface area contributed by atoms with Gasteiger partial charge in [0.15, 0.2) is 5.78 Å². The van der Waals surface area contributed by atoms with E-state index in [9.17, 15) is 4.79 Å². The quantitative estimate of drug-likeness (QED) is 0.462. The third kappa shape index (κ3) is 2.33. The second-order valence-corrected chi connectivity index (χ2v) is 4.88. The third-order valence-electron chi connectivity index (χ3n) is 2.92. The van der Waals surface area contributed by atoms with Crippen molar-refractivity contribution in [2.75, 3.05) is 0 Å². The molecule has 1 atom stereocenters. The zero-order chi connectivity index (χ0) is 10.1. The Morgan fingerprint density at radius 1 is 1.46 bits per heavy atom. The van der Waals surface area contributed by atoms with E-state index in [1.807, 2.05) is 0 Å². The second kappa shape index (κ2) is 3.52. The van der Waals surface area contributed by atoms with Crippen LogP contribution in [0.1, 0.15) is 40.0 Å². The molecule has 0 radical (unpaired) electrons. The topological polar surface area (TPSA) is 37.3 Å². The minimum absolute atomic E-state index is 0.114. The Morgan fingerprint density at radius 2 is 2.08 bits per heavy atom. The molecule has 1 aliphatic carbocycles. The molecule has 1 unspecified atom stereocenters. The van der Waals surface area contributed by atoms with Crippen LogP contribution in [-0.4, -0.2) is 10.9 Å². The number of ketones is 1. The van der Waals surface area contributed by atoms with Crippen LogP contribution in [0.25, 0.3) is 0 Å². The van der Waals surface area contributed by atoms with E-state index in [2.05, 4.69) is 20.8 Å². The van der Waals surface area contributed by atoms with E-state index in [-0.39, 0.29) is 11.2 Å². The van der Waals surface area contributed by atoms with Crippen LogP contribution in [0.2, 0.25) is 0 Å². The van der Waals surface area contributed by atoms with Gasteiger partial charge in [0.2, 0.25) is 0 Å². The SMILES string of the molecule is CC(C)(C)C1CCC(=O)C(=CO)C1. The standard InChI is InChI=1S/C11H18O2/c1-11(2,3)9-4-5-10(13)8(6-9)7-12/h7,9,12H,4-6H2,1-3H3. The van der Waals surface area contributed by atoms with E-state index in [0.29, 0.717) is 17.9 Å². The first kappa shape index (κ1) is 10.3. The summed E-state index contributed by atoms with van der Waals surface area (Å²) in [5, 5.41) is 8.86. The van der Waals surface area contributed by atoms with Crippen LogP contribution in [0.3, 0.4) is 0 Å². The van der Waals surface area contributed by atoms with Gasteiger partial charge < -0.3 is 5.11 Å². The zero-order valence-corrected chi connectivity index (χ0v) is 8.63. The van der Waals surface area contributed by atoms with Crippen LogP contribution in [0, 0.1) is 11.3 Å². The van der Waals surface area contributed by atoms with E-state index < -0.39 is 0 Å². The molecule has 0 aromatic rings. The molecule has 2 heteroatoms. The van der Waals surface area contributed by atoms with Gasteiger partial charge in [-0.15, -0.1) is 0 Å². The van der Waals surface area contributed by atoms with Crippen molar-refractivity contribution >= 4 is 5.78 Å². The first-order valence-corrected chi connectivity index (χ1v) is 4.81. The molecule has 0 spiro atoms. The molecule has 0 heterocycles. The Kier molecular flexibility index (Phi) is 2.79. The van der Waals surface area contributed by atoms with Crippen LogP contribution in [0.4, 0.5) is 0 Å². The van der Waals surface area contributed by atoms with E-state index in [4.69, 9.17) is 5.11 Å². The predicted octanol–water partition coefficient (Wildman–Crippen LogP) is 2.84. The van der Waals surface area contributed by atoms with Crippen molar-refractivity contribution < 1.29 is 9.90 Å². The molecular formula is C11H18O2. The van der Waals surface area contributed by atoms with Crippen molar-refractivity contribution in [1.82, 2.24) is 0 Å². The van der Waals surface area contributed by atoms with Gasteiger partial charge in [0.1, 0.15) is 0 Å².